The van der Waals surface area contributed by atoms with Crippen molar-refractivity contribution in [1.82, 2.24) is 5.32 Å². The van der Waals surface area contributed by atoms with Crippen molar-refractivity contribution in [3.05, 3.63) is 34.3 Å². The summed E-state index contributed by atoms with van der Waals surface area (Å²) in [5.74, 6) is 0. The van der Waals surface area contributed by atoms with E-state index in [-0.39, 0.29) is 0 Å². The summed E-state index contributed by atoms with van der Waals surface area (Å²) < 4.78 is 0. The average Bonchev–Trinajstić information content (AvgIpc) is 2.44. The molecule has 0 saturated carbocycles. The molecule has 4 nitrogen and oxygen atoms in total. The predicted molar refractivity (Wildman–Crippen MR) is 55.1 cm³/mol. The summed E-state index contributed by atoms with van der Waals surface area (Å²) >= 11 is 5.79. The Morgan fingerprint density at radius 3 is 2.93 bits per heavy atom. The molecule has 2 rings (SSSR count). The van der Waals surface area contributed by atoms with E-state index in [0.717, 1.165) is 5.56 Å². The lowest BCUT2D eigenvalue weighted by Gasteiger charge is -2.14. The molecule has 0 radical (unpaired) electrons. The lowest BCUT2D eigenvalue weighted by molar-refractivity contribution is 0.131. The fourth-order valence-electron chi connectivity index (χ4n) is 1.88. The highest BCUT2D eigenvalue weighted by Gasteiger charge is 2.31. The summed E-state index contributed by atoms with van der Waals surface area (Å²) in [7, 11) is 0. The molecule has 1 aromatic rings. The molecule has 0 fully saturated rings. The van der Waals surface area contributed by atoms with Crippen molar-refractivity contribution in [2.45, 2.75) is 18.6 Å². The van der Waals surface area contributed by atoms with Gasteiger partial charge in [0.2, 0.25) is 0 Å². The summed E-state index contributed by atoms with van der Waals surface area (Å²) in [6.07, 6.45) is -1.44. The number of hydrogen-bond donors (Lipinski definition) is 3. The number of hydrogen-bond acceptors (Lipinski definition) is 2. The molecule has 15 heavy (non-hydrogen) atoms. The number of benzene rings is 1. The zero-order chi connectivity index (χ0) is 11.0. The molecule has 0 bridgehead atoms. The largest absolute Gasteiger partial charge is 0.465 e. The van der Waals surface area contributed by atoms with Gasteiger partial charge in [0.15, 0.2) is 0 Å². The van der Waals surface area contributed by atoms with Crippen LogP contribution in [0.2, 0.25) is 5.02 Å². The maximum atomic E-state index is 10.5. The van der Waals surface area contributed by atoms with Crippen molar-refractivity contribution in [1.29, 1.82) is 0 Å². The highest BCUT2D eigenvalue weighted by molar-refractivity contribution is 6.30. The van der Waals surface area contributed by atoms with Gasteiger partial charge < -0.3 is 15.5 Å². The third-order valence-electron chi connectivity index (χ3n) is 2.56. The Kier molecular flexibility index (Phi) is 2.54. The van der Waals surface area contributed by atoms with E-state index in [1.165, 1.54) is 0 Å². The first-order valence-electron chi connectivity index (χ1n) is 4.54. The van der Waals surface area contributed by atoms with Gasteiger partial charge in [-0.2, -0.15) is 0 Å². The Bertz CT molecular complexity index is 408. The van der Waals surface area contributed by atoms with Crippen LogP contribution in [0, 0.1) is 0 Å². The Morgan fingerprint density at radius 1 is 1.53 bits per heavy atom. The molecular weight excluding hydrogens is 218 g/mol. The summed E-state index contributed by atoms with van der Waals surface area (Å²) in [6, 6.07) is 4.74. The Morgan fingerprint density at radius 2 is 2.27 bits per heavy atom. The van der Waals surface area contributed by atoms with Gasteiger partial charge in [0.1, 0.15) is 0 Å². The topological polar surface area (TPSA) is 69.6 Å². The van der Waals surface area contributed by atoms with E-state index >= 15 is 0 Å². The van der Waals surface area contributed by atoms with Gasteiger partial charge in [-0.1, -0.05) is 17.7 Å². The van der Waals surface area contributed by atoms with Crippen molar-refractivity contribution in [3.63, 3.8) is 0 Å². The third kappa shape index (κ3) is 1.91. The molecule has 1 aromatic carbocycles. The molecule has 0 spiro atoms. The number of aliphatic hydroxyl groups is 1. The first-order valence-corrected chi connectivity index (χ1v) is 4.91. The molecule has 0 heterocycles. The maximum absolute atomic E-state index is 10.5. The van der Waals surface area contributed by atoms with Crippen LogP contribution in [-0.2, 0) is 6.42 Å². The van der Waals surface area contributed by atoms with Gasteiger partial charge in [-0.25, -0.2) is 4.79 Å². The number of nitrogens with one attached hydrogen (secondary N) is 1. The first kappa shape index (κ1) is 10.3. The second kappa shape index (κ2) is 3.72. The molecule has 5 heteroatoms. The summed E-state index contributed by atoms with van der Waals surface area (Å²) in [4.78, 5) is 10.5. The normalized spacial score (nSPS) is 23.6. The Labute approximate surface area is 91.5 Å². The zero-order valence-electron chi connectivity index (χ0n) is 7.77. The van der Waals surface area contributed by atoms with Gasteiger partial charge in [0, 0.05) is 5.02 Å². The molecule has 1 aliphatic carbocycles. The van der Waals surface area contributed by atoms with Crippen LogP contribution in [0.3, 0.4) is 0 Å². The quantitative estimate of drug-likeness (QED) is 0.682. The number of carboxylic acid groups (broad SMARTS) is 1. The van der Waals surface area contributed by atoms with E-state index in [1.807, 2.05) is 6.07 Å². The van der Waals surface area contributed by atoms with Gasteiger partial charge in [0.25, 0.3) is 0 Å². The van der Waals surface area contributed by atoms with E-state index in [4.69, 9.17) is 16.7 Å². The van der Waals surface area contributed by atoms with Crippen LogP contribution in [0.25, 0.3) is 0 Å². The van der Waals surface area contributed by atoms with Crippen molar-refractivity contribution < 1.29 is 15.0 Å². The number of fused-ring (bicyclic) bond motifs is 1. The summed E-state index contributed by atoms with van der Waals surface area (Å²) in [5.41, 5.74) is 1.65. The van der Waals surface area contributed by atoms with Crippen molar-refractivity contribution in [3.8, 4) is 0 Å². The predicted octanol–water partition coefficient (Wildman–Crippen LogP) is 1.57. The lowest BCUT2D eigenvalue weighted by Crippen LogP contribution is -2.36. The van der Waals surface area contributed by atoms with Gasteiger partial charge >= 0.3 is 6.09 Å². The Balaban J connectivity index is 2.25. The van der Waals surface area contributed by atoms with Gasteiger partial charge in [0.05, 0.1) is 12.1 Å². The number of halogens is 1. The molecule has 0 aromatic heterocycles. The van der Waals surface area contributed by atoms with Gasteiger partial charge in [-0.05, 0) is 29.7 Å². The smallest absolute Gasteiger partial charge is 0.404 e. The van der Waals surface area contributed by atoms with Crippen molar-refractivity contribution in [2.75, 3.05) is 0 Å². The minimum absolute atomic E-state index is 0.476. The first-order chi connectivity index (χ1) is 7.08. The fraction of sp³-hybridized carbons (Fsp3) is 0.300. The van der Waals surface area contributed by atoms with Crippen LogP contribution in [0.5, 0.6) is 0 Å². The molecule has 0 unspecified atom stereocenters. The van der Waals surface area contributed by atoms with E-state index < -0.39 is 18.2 Å². The Hall–Kier alpha value is -1.26. The molecule has 80 valence electrons. The maximum Gasteiger partial charge on any atom is 0.404 e. The lowest BCUT2D eigenvalue weighted by atomic mass is 10.1. The number of rotatable bonds is 1. The molecule has 2 atom stereocenters. The highest BCUT2D eigenvalue weighted by atomic mass is 35.5. The molecule has 0 saturated heterocycles. The molecule has 1 aliphatic rings. The summed E-state index contributed by atoms with van der Waals surface area (Å²) in [5, 5.41) is 21.2. The van der Waals surface area contributed by atoms with Crippen LogP contribution in [0.4, 0.5) is 4.79 Å². The van der Waals surface area contributed by atoms with Gasteiger partial charge in [-0.3, -0.25) is 0 Å². The van der Waals surface area contributed by atoms with Crippen molar-refractivity contribution >= 4 is 17.7 Å². The van der Waals surface area contributed by atoms with Crippen LogP contribution < -0.4 is 5.32 Å². The molecule has 1 amide bonds. The minimum atomic E-state index is -1.13. The standard InChI is InChI=1S/C10H10ClNO3/c11-6-2-1-5-3-8(12-10(14)15)9(13)7(5)4-6/h1-2,4,8-9,12-13H,3H2,(H,14,15)/t8-,9+/m1/s1. The SMILES string of the molecule is O=C(O)N[C@@H]1Cc2ccc(Cl)cc2[C@@H]1O. The fourth-order valence-corrected chi connectivity index (χ4v) is 2.06. The second-order valence-corrected chi connectivity index (χ2v) is 3.98. The highest BCUT2D eigenvalue weighted by Crippen LogP contribution is 2.33. The molecular formula is C10H10ClNO3. The van der Waals surface area contributed by atoms with Crippen LogP contribution in [0.1, 0.15) is 17.2 Å². The van der Waals surface area contributed by atoms with E-state index in [9.17, 15) is 9.90 Å². The molecule has 0 aliphatic heterocycles. The van der Waals surface area contributed by atoms with E-state index in [1.54, 1.807) is 12.1 Å². The van der Waals surface area contributed by atoms with Crippen LogP contribution >= 0.6 is 11.6 Å². The van der Waals surface area contributed by atoms with Crippen molar-refractivity contribution in [2.24, 2.45) is 0 Å². The van der Waals surface area contributed by atoms with Crippen LogP contribution in [-0.4, -0.2) is 22.3 Å². The number of amides is 1. The number of carbonyl (C=O) groups is 1. The minimum Gasteiger partial charge on any atom is -0.465 e. The third-order valence-corrected chi connectivity index (χ3v) is 2.79. The second-order valence-electron chi connectivity index (χ2n) is 3.55. The summed E-state index contributed by atoms with van der Waals surface area (Å²) in [6.45, 7) is 0. The monoisotopic (exact) mass is 227 g/mol. The molecule has 3 N–H and O–H groups in total. The van der Waals surface area contributed by atoms with Gasteiger partial charge in [-0.15, -0.1) is 0 Å². The zero-order valence-corrected chi connectivity index (χ0v) is 8.53. The van der Waals surface area contributed by atoms with Crippen LogP contribution in [0.15, 0.2) is 18.2 Å². The van der Waals surface area contributed by atoms with E-state index in [0.29, 0.717) is 17.0 Å². The number of aliphatic hydroxyl groups excluding tert-OH is 1. The van der Waals surface area contributed by atoms with E-state index in [2.05, 4.69) is 5.32 Å². The average molecular weight is 228 g/mol.